The molecule has 2 aromatic heterocycles. The van der Waals surface area contributed by atoms with Gasteiger partial charge in [0, 0.05) is 37.6 Å². The molecular weight excluding hydrogens is 268 g/mol. The van der Waals surface area contributed by atoms with Gasteiger partial charge in [0.25, 0.3) is 5.91 Å². The molecule has 4 rings (SSSR count). The number of aromatic nitrogens is 5. The van der Waals surface area contributed by atoms with E-state index in [-0.39, 0.29) is 11.9 Å². The quantitative estimate of drug-likeness (QED) is 0.841. The number of likely N-dealkylation sites (tertiary alicyclic amines) is 1. The third-order valence-electron chi connectivity index (χ3n) is 4.13. The Morgan fingerprint density at radius 2 is 2.14 bits per heavy atom. The molecule has 0 unspecified atom stereocenters. The lowest BCUT2D eigenvalue weighted by atomic mass is 10.2. The number of carbonyl (C=O) groups is 1. The van der Waals surface area contributed by atoms with Gasteiger partial charge in [-0.15, -0.1) is 5.10 Å². The van der Waals surface area contributed by atoms with E-state index in [1.54, 1.807) is 12.4 Å². The molecule has 2 aliphatic rings. The van der Waals surface area contributed by atoms with Gasteiger partial charge in [-0.25, -0.2) is 9.67 Å². The number of amides is 1. The summed E-state index contributed by atoms with van der Waals surface area (Å²) in [5.41, 5.74) is 1.49. The summed E-state index contributed by atoms with van der Waals surface area (Å²) in [5.74, 6) is 0.547. The van der Waals surface area contributed by atoms with Gasteiger partial charge in [-0.05, 0) is 19.3 Å². The van der Waals surface area contributed by atoms with E-state index in [2.05, 4.69) is 20.3 Å². The molecule has 21 heavy (non-hydrogen) atoms. The Bertz CT molecular complexity index is 650. The number of hydrogen-bond acceptors (Lipinski definition) is 5. The standard InChI is InChI=1S/C14H16N6O/c21-14(12-7-15-4-5-16-12)19-6-3-11(8-19)20-9-13(17-18-20)10-1-2-10/h4-5,7,9-11H,1-3,6,8H2/t11-/m1/s1. The van der Waals surface area contributed by atoms with Gasteiger partial charge in [-0.2, -0.15) is 0 Å². The van der Waals surface area contributed by atoms with Gasteiger partial charge in [0.1, 0.15) is 5.69 Å². The van der Waals surface area contributed by atoms with Crippen LogP contribution in [0.25, 0.3) is 0 Å². The van der Waals surface area contributed by atoms with Crippen LogP contribution in [0, 0.1) is 0 Å². The third kappa shape index (κ3) is 2.39. The zero-order chi connectivity index (χ0) is 14.2. The van der Waals surface area contributed by atoms with Crippen LogP contribution in [0.15, 0.2) is 24.8 Å². The minimum Gasteiger partial charge on any atom is -0.335 e. The largest absolute Gasteiger partial charge is 0.335 e. The zero-order valence-corrected chi connectivity index (χ0v) is 11.6. The summed E-state index contributed by atoms with van der Waals surface area (Å²) in [5, 5.41) is 8.46. The van der Waals surface area contributed by atoms with Crippen molar-refractivity contribution in [3.63, 3.8) is 0 Å². The van der Waals surface area contributed by atoms with Gasteiger partial charge >= 0.3 is 0 Å². The topological polar surface area (TPSA) is 76.8 Å². The lowest BCUT2D eigenvalue weighted by Gasteiger charge is -2.15. The lowest BCUT2D eigenvalue weighted by molar-refractivity contribution is 0.0780. The predicted octanol–water partition coefficient (Wildman–Crippen LogP) is 1.03. The minimum absolute atomic E-state index is 0.0619. The normalized spacial score (nSPS) is 21.7. The van der Waals surface area contributed by atoms with Crippen molar-refractivity contribution in [3.8, 4) is 0 Å². The average Bonchev–Trinajstić information content (AvgIpc) is 3.07. The Balaban J connectivity index is 1.45. The first-order valence-corrected chi connectivity index (χ1v) is 7.28. The predicted molar refractivity (Wildman–Crippen MR) is 73.6 cm³/mol. The molecule has 0 bridgehead atoms. The number of hydrogen-bond donors (Lipinski definition) is 0. The second kappa shape index (κ2) is 4.91. The van der Waals surface area contributed by atoms with Crippen LogP contribution in [0.3, 0.4) is 0 Å². The maximum absolute atomic E-state index is 12.3. The van der Waals surface area contributed by atoms with E-state index < -0.39 is 0 Å². The van der Waals surface area contributed by atoms with Crippen molar-refractivity contribution in [3.05, 3.63) is 36.2 Å². The van der Waals surface area contributed by atoms with E-state index in [9.17, 15) is 4.79 Å². The Labute approximate surface area is 122 Å². The molecule has 7 heteroatoms. The summed E-state index contributed by atoms with van der Waals surface area (Å²) in [6, 6.07) is 0.214. The van der Waals surface area contributed by atoms with Crippen molar-refractivity contribution in [1.82, 2.24) is 29.9 Å². The molecule has 7 nitrogen and oxygen atoms in total. The fourth-order valence-electron chi connectivity index (χ4n) is 2.75. The molecule has 1 aliphatic heterocycles. The highest BCUT2D eigenvalue weighted by Crippen LogP contribution is 2.39. The summed E-state index contributed by atoms with van der Waals surface area (Å²) in [6.45, 7) is 1.38. The highest BCUT2D eigenvalue weighted by Gasteiger charge is 2.31. The third-order valence-corrected chi connectivity index (χ3v) is 4.13. The number of rotatable bonds is 3. The van der Waals surface area contributed by atoms with E-state index >= 15 is 0 Å². The van der Waals surface area contributed by atoms with Gasteiger partial charge in [0.15, 0.2) is 0 Å². The summed E-state index contributed by atoms with van der Waals surface area (Å²) in [6.07, 6.45) is 10.0. The van der Waals surface area contributed by atoms with E-state index in [4.69, 9.17) is 0 Å². The molecule has 3 heterocycles. The van der Waals surface area contributed by atoms with E-state index in [0.29, 0.717) is 18.2 Å². The van der Waals surface area contributed by atoms with Crippen LogP contribution in [-0.2, 0) is 0 Å². The van der Waals surface area contributed by atoms with Crippen LogP contribution in [0.1, 0.15) is 47.4 Å². The molecule has 108 valence electrons. The van der Waals surface area contributed by atoms with Crippen molar-refractivity contribution in [2.75, 3.05) is 13.1 Å². The molecule has 2 aromatic rings. The summed E-state index contributed by atoms with van der Waals surface area (Å²) < 4.78 is 1.91. The van der Waals surface area contributed by atoms with Gasteiger partial charge in [0.2, 0.25) is 0 Å². The average molecular weight is 284 g/mol. The van der Waals surface area contributed by atoms with Crippen molar-refractivity contribution in [1.29, 1.82) is 0 Å². The van der Waals surface area contributed by atoms with Crippen molar-refractivity contribution in [2.24, 2.45) is 0 Å². The fraction of sp³-hybridized carbons (Fsp3) is 0.500. The molecule has 1 saturated carbocycles. The van der Waals surface area contributed by atoms with Crippen molar-refractivity contribution >= 4 is 5.91 Å². The van der Waals surface area contributed by atoms with Crippen LogP contribution in [-0.4, -0.2) is 48.9 Å². The fourth-order valence-corrected chi connectivity index (χ4v) is 2.75. The first kappa shape index (κ1) is 12.4. The summed E-state index contributed by atoms with van der Waals surface area (Å²) in [7, 11) is 0. The van der Waals surface area contributed by atoms with Crippen LogP contribution < -0.4 is 0 Å². The summed E-state index contributed by atoms with van der Waals surface area (Å²) >= 11 is 0. The van der Waals surface area contributed by atoms with E-state index in [1.807, 2.05) is 15.8 Å². The lowest BCUT2D eigenvalue weighted by Crippen LogP contribution is -2.30. The SMILES string of the molecule is O=C(c1cnccn1)N1CC[C@@H](n2cc(C3CC3)nn2)C1. The van der Waals surface area contributed by atoms with Gasteiger partial charge in [-0.3, -0.25) is 9.78 Å². The Kier molecular flexibility index (Phi) is 2.90. The Hall–Kier alpha value is -2.31. The maximum atomic E-state index is 12.3. The van der Waals surface area contributed by atoms with Crippen molar-refractivity contribution < 1.29 is 4.79 Å². The molecule has 0 radical (unpaired) electrons. The number of nitrogens with zero attached hydrogens (tertiary/aromatic N) is 6. The van der Waals surface area contributed by atoms with Gasteiger partial charge in [-0.1, -0.05) is 5.21 Å². The molecule has 0 aromatic carbocycles. The Morgan fingerprint density at radius 1 is 1.24 bits per heavy atom. The van der Waals surface area contributed by atoms with Crippen molar-refractivity contribution in [2.45, 2.75) is 31.2 Å². The molecule has 1 amide bonds. The molecule has 1 saturated heterocycles. The van der Waals surface area contributed by atoms with E-state index in [0.717, 1.165) is 18.7 Å². The first-order chi connectivity index (χ1) is 10.3. The Morgan fingerprint density at radius 3 is 2.90 bits per heavy atom. The molecule has 0 spiro atoms. The van der Waals surface area contributed by atoms with Gasteiger partial charge < -0.3 is 4.90 Å². The van der Waals surface area contributed by atoms with Gasteiger partial charge in [0.05, 0.1) is 17.9 Å². The van der Waals surface area contributed by atoms with Crippen LogP contribution in [0.5, 0.6) is 0 Å². The van der Waals surface area contributed by atoms with Crippen LogP contribution >= 0.6 is 0 Å². The van der Waals surface area contributed by atoms with Crippen LogP contribution in [0.4, 0.5) is 0 Å². The smallest absolute Gasteiger partial charge is 0.274 e. The monoisotopic (exact) mass is 284 g/mol. The minimum atomic E-state index is -0.0619. The highest BCUT2D eigenvalue weighted by atomic mass is 16.2. The summed E-state index contributed by atoms with van der Waals surface area (Å²) in [4.78, 5) is 22.2. The highest BCUT2D eigenvalue weighted by molar-refractivity contribution is 5.92. The second-order valence-electron chi connectivity index (χ2n) is 5.68. The molecular formula is C14H16N6O. The zero-order valence-electron chi connectivity index (χ0n) is 11.6. The molecule has 1 atom stereocenters. The van der Waals surface area contributed by atoms with E-state index in [1.165, 1.54) is 19.0 Å². The van der Waals surface area contributed by atoms with Crippen LogP contribution in [0.2, 0.25) is 0 Å². The molecule has 1 aliphatic carbocycles. The molecule has 2 fully saturated rings. The maximum Gasteiger partial charge on any atom is 0.274 e. The first-order valence-electron chi connectivity index (χ1n) is 7.28. The second-order valence-corrected chi connectivity index (χ2v) is 5.68. The number of carbonyl (C=O) groups excluding carboxylic acids is 1. The molecule has 0 N–H and O–H groups in total.